The fraction of sp³-hybridized carbons (Fsp3) is 0.714. The molecule has 0 aliphatic heterocycles. The van der Waals surface area contributed by atoms with Crippen LogP contribution in [0.2, 0.25) is 0 Å². The molecule has 10 heteroatoms. The SMILES string of the molecule is NC(CCC(=O)O)CC(=O)O.NC(CCCCCC(=O)O)C(=O)O. The average Bonchev–Trinajstić information content (AvgIpc) is 2.44. The van der Waals surface area contributed by atoms with Gasteiger partial charge in [-0.2, -0.15) is 0 Å². The van der Waals surface area contributed by atoms with Gasteiger partial charge in [-0.3, -0.25) is 19.2 Å². The normalized spacial score (nSPS) is 12.4. The fourth-order valence-electron chi connectivity index (χ4n) is 1.58. The summed E-state index contributed by atoms with van der Waals surface area (Å²) in [5, 5.41) is 33.1. The van der Waals surface area contributed by atoms with Crippen LogP contribution in [0.1, 0.15) is 51.4 Å². The molecule has 0 aliphatic rings. The molecular formula is C14H26N2O8. The molecule has 140 valence electrons. The summed E-state index contributed by atoms with van der Waals surface area (Å²) in [6.07, 6.45) is 2.48. The van der Waals surface area contributed by atoms with Gasteiger partial charge in [0.1, 0.15) is 6.04 Å². The summed E-state index contributed by atoms with van der Waals surface area (Å²) in [5.74, 6) is -3.77. The van der Waals surface area contributed by atoms with E-state index in [1.165, 1.54) is 0 Å². The second-order valence-electron chi connectivity index (χ2n) is 5.23. The zero-order valence-corrected chi connectivity index (χ0v) is 13.4. The molecule has 0 aromatic heterocycles. The third-order valence-corrected chi connectivity index (χ3v) is 2.89. The Morgan fingerprint density at radius 3 is 1.67 bits per heavy atom. The van der Waals surface area contributed by atoms with E-state index in [4.69, 9.17) is 31.9 Å². The van der Waals surface area contributed by atoms with Gasteiger partial charge >= 0.3 is 23.9 Å². The van der Waals surface area contributed by atoms with Gasteiger partial charge in [0.15, 0.2) is 0 Å². The number of rotatable bonds is 12. The van der Waals surface area contributed by atoms with Crippen molar-refractivity contribution in [2.24, 2.45) is 11.5 Å². The van der Waals surface area contributed by atoms with E-state index in [-0.39, 0.29) is 25.7 Å². The topological polar surface area (TPSA) is 201 Å². The highest BCUT2D eigenvalue weighted by atomic mass is 16.4. The minimum absolute atomic E-state index is 0.0750. The second-order valence-corrected chi connectivity index (χ2v) is 5.23. The fourth-order valence-corrected chi connectivity index (χ4v) is 1.58. The number of nitrogens with two attached hydrogens (primary N) is 2. The van der Waals surface area contributed by atoms with Gasteiger partial charge in [-0.15, -0.1) is 0 Å². The highest BCUT2D eigenvalue weighted by Gasteiger charge is 2.10. The van der Waals surface area contributed by atoms with Crippen LogP contribution in [0.3, 0.4) is 0 Å². The maximum Gasteiger partial charge on any atom is 0.320 e. The molecule has 0 aliphatic carbocycles. The van der Waals surface area contributed by atoms with E-state index in [0.717, 1.165) is 0 Å². The zero-order valence-electron chi connectivity index (χ0n) is 13.4. The Morgan fingerprint density at radius 1 is 0.708 bits per heavy atom. The van der Waals surface area contributed by atoms with Crippen molar-refractivity contribution < 1.29 is 39.6 Å². The van der Waals surface area contributed by atoms with Crippen molar-refractivity contribution in [2.45, 2.75) is 63.5 Å². The van der Waals surface area contributed by atoms with E-state index in [1.807, 2.05) is 0 Å². The summed E-state index contributed by atoms with van der Waals surface area (Å²) >= 11 is 0. The van der Waals surface area contributed by atoms with Crippen molar-refractivity contribution >= 4 is 23.9 Å². The lowest BCUT2D eigenvalue weighted by molar-refractivity contribution is -0.139. The first-order chi connectivity index (χ1) is 11.1. The molecule has 24 heavy (non-hydrogen) atoms. The molecule has 0 aromatic rings. The van der Waals surface area contributed by atoms with E-state index in [1.54, 1.807) is 0 Å². The highest BCUT2D eigenvalue weighted by molar-refractivity contribution is 5.73. The number of carbonyl (C=O) groups is 4. The van der Waals surface area contributed by atoms with E-state index in [0.29, 0.717) is 25.7 Å². The van der Waals surface area contributed by atoms with Crippen LogP contribution in [-0.2, 0) is 19.2 Å². The van der Waals surface area contributed by atoms with E-state index in [9.17, 15) is 19.2 Å². The van der Waals surface area contributed by atoms with Crippen LogP contribution in [0, 0.1) is 0 Å². The first-order valence-corrected chi connectivity index (χ1v) is 7.45. The third-order valence-electron chi connectivity index (χ3n) is 2.89. The van der Waals surface area contributed by atoms with Crippen molar-refractivity contribution in [1.29, 1.82) is 0 Å². The molecule has 0 fully saturated rings. The van der Waals surface area contributed by atoms with Crippen LogP contribution in [-0.4, -0.2) is 56.4 Å². The predicted octanol–water partition coefficient (Wildman–Crippen LogP) is 0.0866. The first kappa shape index (κ1) is 24.1. The molecule has 0 amide bonds. The van der Waals surface area contributed by atoms with Crippen molar-refractivity contribution in [3.63, 3.8) is 0 Å². The predicted molar refractivity (Wildman–Crippen MR) is 83.4 cm³/mol. The molecule has 2 unspecified atom stereocenters. The maximum atomic E-state index is 10.3. The van der Waals surface area contributed by atoms with Crippen LogP contribution < -0.4 is 11.5 Å². The Morgan fingerprint density at radius 2 is 1.25 bits per heavy atom. The van der Waals surface area contributed by atoms with Gasteiger partial charge in [0.05, 0.1) is 6.42 Å². The molecule has 0 saturated heterocycles. The Balaban J connectivity index is 0. The summed E-state index contributed by atoms with van der Waals surface area (Å²) in [6.45, 7) is 0. The van der Waals surface area contributed by atoms with E-state index >= 15 is 0 Å². The maximum absolute atomic E-state index is 10.3. The Bertz CT molecular complexity index is 414. The smallest absolute Gasteiger partial charge is 0.320 e. The third kappa shape index (κ3) is 19.8. The van der Waals surface area contributed by atoms with Gasteiger partial charge in [-0.1, -0.05) is 12.8 Å². The molecule has 8 N–H and O–H groups in total. The summed E-state index contributed by atoms with van der Waals surface area (Å²) in [6, 6.07) is -1.37. The van der Waals surface area contributed by atoms with Crippen LogP contribution >= 0.6 is 0 Å². The quantitative estimate of drug-likeness (QED) is 0.262. The van der Waals surface area contributed by atoms with Crippen molar-refractivity contribution in [3.8, 4) is 0 Å². The molecule has 0 bridgehead atoms. The van der Waals surface area contributed by atoms with Gasteiger partial charge < -0.3 is 31.9 Å². The number of hydrogen-bond donors (Lipinski definition) is 6. The standard InChI is InChI=1S/C8H15NO4.C6H11NO4/c9-6(8(12)13)4-2-1-3-5-7(10)11;7-4(3-6(10)11)1-2-5(8)9/h6H,1-5,9H2,(H,10,11)(H,12,13);4H,1-3,7H2,(H,8,9)(H,10,11). The lowest BCUT2D eigenvalue weighted by Crippen LogP contribution is -2.29. The summed E-state index contributed by atoms with van der Waals surface area (Å²) < 4.78 is 0. The first-order valence-electron chi connectivity index (χ1n) is 7.45. The van der Waals surface area contributed by atoms with Gasteiger partial charge in [0.2, 0.25) is 0 Å². The highest BCUT2D eigenvalue weighted by Crippen LogP contribution is 2.04. The molecule has 0 aromatic carbocycles. The molecule has 0 spiro atoms. The van der Waals surface area contributed by atoms with E-state index in [2.05, 4.69) is 0 Å². The molecule has 0 saturated carbocycles. The number of aliphatic carboxylic acids is 4. The molecule has 10 nitrogen and oxygen atoms in total. The zero-order chi connectivity index (χ0) is 19.1. The second kappa shape index (κ2) is 14.4. The minimum Gasteiger partial charge on any atom is -0.481 e. The summed E-state index contributed by atoms with van der Waals surface area (Å²) in [4.78, 5) is 40.4. The summed E-state index contributed by atoms with van der Waals surface area (Å²) in [5.41, 5.74) is 10.5. The van der Waals surface area contributed by atoms with Crippen LogP contribution in [0.4, 0.5) is 0 Å². The van der Waals surface area contributed by atoms with Crippen LogP contribution in [0.25, 0.3) is 0 Å². The monoisotopic (exact) mass is 350 g/mol. The van der Waals surface area contributed by atoms with Gasteiger partial charge in [-0.05, 0) is 19.3 Å². The van der Waals surface area contributed by atoms with Crippen molar-refractivity contribution in [3.05, 3.63) is 0 Å². The van der Waals surface area contributed by atoms with Crippen molar-refractivity contribution in [1.82, 2.24) is 0 Å². The molecular weight excluding hydrogens is 324 g/mol. The molecule has 0 radical (unpaired) electrons. The largest absolute Gasteiger partial charge is 0.481 e. The minimum atomic E-state index is -1.00. The van der Waals surface area contributed by atoms with Crippen LogP contribution in [0.15, 0.2) is 0 Å². The molecule has 0 heterocycles. The Hall–Kier alpha value is -2.20. The molecule has 0 rings (SSSR count). The lowest BCUT2D eigenvalue weighted by Gasteiger charge is -2.04. The summed E-state index contributed by atoms with van der Waals surface area (Å²) in [7, 11) is 0. The number of carboxylic acids is 4. The van der Waals surface area contributed by atoms with Crippen LogP contribution in [0.5, 0.6) is 0 Å². The number of hydrogen-bond acceptors (Lipinski definition) is 6. The number of carboxylic acid groups (broad SMARTS) is 4. The van der Waals surface area contributed by atoms with Gasteiger partial charge in [0.25, 0.3) is 0 Å². The Kier molecular flexibility index (Phi) is 14.4. The molecule has 2 atom stereocenters. The van der Waals surface area contributed by atoms with E-state index < -0.39 is 36.0 Å². The Labute approximate surface area is 139 Å². The van der Waals surface area contributed by atoms with Gasteiger partial charge in [-0.25, -0.2) is 0 Å². The average molecular weight is 350 g/mol. The van der Waals surface area contributed by atoms with Gasteiger partial charge in [0, 0.05) is 18.9 Å². The number of unbranched alkanes of at least 4 members (excludes halogenated alkanes) is 2. The lowest BCUT2D eigenvalue weighted by atomic mass is 10.1. The van der Waals surface area contributed by atoms with Crippen molar-refractivity contribution in [2.75, 3.05) is 0 Å².